The molecule has 1 aliphatic heterocycles. The molecule has 0 aromatic carbocycles. The van der Waals surface area contributed by atoms with Crippen LogP contribution in [0.4, 0.5) is 4.79 Å². The van der Waals surface area contributed by atoms with Crippen molar-refractivity contribution in [3.63, 3.8) is 0 Å². The lowest BCUT2D eigenvalue weighted by Gasteiger charge is -2.57. The first-order valence-electron chi connectivity index (χ1n) is 4.30. The van der Waals surface area contributed by atoms with Crippen molar-refractivity contribution in [2.45, 2.75) is 19.9 Å². The van der Waals surface area contributed by atoms with Crippen molar-refractivity contribution in [1.29, 1.82) is 0 Å². The normalized spacial score (nSPS) is 36.5. The van der Waals surface area contributed by atoms with Gasteiger partial charge in [0.05, 0.1) is 12.6 Å². The molecule has 0 saturated carbocycles. The lowest BCUT2D eigenvalue weighted by Crippen LogP contribution is -2.67. The van der Waals surface area contributed by atoms with E-state index in [1.165, 1.54) is 0 Å². The molecule has 2 rings (SSSR count). The monoisotopic (exact) mass is 167 g/mol. The third kappa shape index (κ3) is 0.792. The van der Waals surface area contributed by atoms with Crippen LogP contribution in [0, 0.1) is 5.41 Å². The fraction of sp³-hybridized carbons (Fsp3) is 0.667. The summed E-state index contributed by atoms with van der Waals surface area (Å²) in [6.07, 6.45) is 4.04. The van der Waals surface area contributed by atoms with Gasteiger partial charge in [-0.25, -0.2) is 4.79 Å². The molecule has 1 amide bonds. The van der Waals surface area contributed by atoms with Gasteiger partial charge in [0.1, 0.15) is 0 Å². The van der Waals surface area contributed by atoms with E-state index in [2.05, 4.69) is 19.1 Å². The summed E-state index contributed by atoms with van der Waals surface area (Å²) < 4.78 is 4.90. The van der Waals surface area contributed by atoms with E-state index in [4.69, 9.17) is 4.74 Å². The molecule has 0 bridgehead atoms. The zero-order valence-electron chi connectivity index (χ0n) is 7.41. The molecule has 0 spiro atoms. The van der Waals surface area contributed by atoms with Crippen LogP contribution in [-0.4, -0.2) is 30.2 Å². The number of hydrogen-bond donors (Lipinski definition) is 0. The molecule has 12 heavy (non-hydrogen) atoms. The van der Waals surface area contributed by atoms with Crippen LogP contribution in [0.5, 0.6) is 0 Å². The van der Waals surface area contributed by atoms with E-state index in [0.29, 0.717) is 12.6 Å². The van der Waals surface area contributed by atoms with Crippen molar-refractivity contribution in [1.82, 2.24) is 4.90 Å². The van der Waals surface area contributed by atoms with Crippen LogP contribution in [0.3, 0.4) is 0 Å². The van der Waals surface area contributed by atoms with E-state index in [0.717, 1.165) is 6.54 Å². The highest BCUT2D eigenvalue weighted by molar-refractivity contribution is 5.71. The second kappa shape index (κ2) is 2.25. The molecular weight excluding hydrogens is 154 g/mol. The van der Waals surface area contributed by atoms with Gasteiger partial charge in [-0.05, 0) is 6.92 Å². The van der Waals surface area contributed by atoms with Gasteiger partial charge in [0.25, 0.3) is 0 Å². The fourth-order valence-corrected chi connectivity index (χ4v) is 1.85. The van der Waals surface area contributed by atoms with Crippen molar-refractivity contribution in [3.05, 3.63) is 12.2 Å². The number of likely N-dealkylation sites (tertiary alicyclic amines) is 1. The van der Waals surface area contributed by atoms with E-state index in [1.807, 2.05) is 6.92 Å². The quantitative estimate of drug-likeness (QED) is 0.552. The Labute approximate surface area is 72.0 Å². The topological polar surface area (TPSA) is 29.5 Å². The molecule has 0 N–H and O–H groups in total. The van der Waals surface area contributed by atoms with Crippen molar-refractivity contribution in [2.75, 3.05) is 13.2 Å². The number of hydrogen-bond acceptors (Lipinski definition) is 2. The molecule has 1 unspecified atom stereocenters. The molecule has 0 aromatic rings. The average molecular weight is 167 g/mol. The van der Waals surface area contributed by atoms with Gasteiger partial charge in [-0.2, -0.15) is 0 Å². The van der Waals surface area contributed by atoms with Gasteiger partial charge in [-0.15, -0.1) is 0 Å². The zero-order valence-corrected chi connectivity index (χ0v) is 7.41. The Kier molecular flexibility index (Phi) is 1.43. The Bertz CT molecular complexity index is 249. The van der Waals surface area contributed by atoms with Crippen LogP contribution in [0.15, 0.2) is 12.2 Å². The van der Waals surface area contributed by atoms with Crippen LogP contribution in [0.25, 0.3) is 0 Å². The minimum Gasteiger partial charge on any atom is -0.450 e. The molecule has 1 heterocycles. The largest absolute Gasteiger partial charge is 0.450 e. The summed E-state index contributed by atoms with van der Waals surface area (Å²) in [7, 11) is 0. The van der Waals surface area contributed by atoms with Gasteiger partial charge in [0.15, 0.2) is 0 Å². The summed E-state index contributed by atoms with van der Waals surface area (Å²) in [5, 5.41) is 0. The fourth-order valence-electron chi connectivity index (χ4n) is 1.85. The highest BCUT2D eigenvalue weighted by Crippen LogP contribution is 2.46. The number of nitrogens with zero attached hydrogens (tertiary/aromatic N) is 1. The van der Waals surface area contributed by atoms with Gasteiger partial charge in [0.2, 0.25) is 0 Å². The van der Waals surface area contributed by atoms with Gasteiger partial charge in [0, 0.05) is 12.0 Å². The molecule has 3 nitrogen and oxygen atoms in total. The highest BCUT2D eigenvalue weighted by atomic mass is 16.6. The van der Waals surface area contributed by atoms with E-state index < -0.39 is 0 Å². The summed E-state index contributed by atoms with van der Waals surface area (Å²) in [6, 6.07) is 0.302. The van der Waals surface area contributed by atoms with Crippen LogP contribution >= 0.6 is 0 Å². The molecule has 2 atom stereocenters. The molecule has 2 aliphatic rings. The number of fused-ring (bicyclic) bond motifs is 1. The van der Waals surface area contributed by atoms with Gasteiger partial charge in [-0.3, -0.25) is 4.90 Å². The SMILES string of the molecule is CCOC(=O)N1C[C@]2(C)C=CC12. The Hall–Kier alpha value is -0.990. The van der Waals surface area contributed by atoms with Gasteiger partial charge < -0.3 is 4.74 Å². The molecular formula is C9H13NO2. The van der Waals surface area contributed by atoms with E-state index >= 15 is 0 Å². The van der Waals surface area contributed by atoms with Gasteiger partial charge >= 0.3 is 6.09 Å². The maximum atomic E-state index is 11.2. The summed E-state index contributed by atoms with van der Waals surface area (Å²) in [4.78, 5) is 13.0. The molecule has 1 saturated heterocycles. The zero-order chi connectivity index (χ0) is 8.77. The molecule has 1 aliphatic carbocycles. The molecule has 66 valence electrons. The van der Waals surface area contributed by atoms with Crippen LogP contribution in [-0.2, 0) is 4.74 Å². The minimum absolute atomic E-state index is 0.177. The minimum atomic E-state index is -0.177. The Morgan fingerprint density at radius 3 is 2.92 bits per heavy atom. The Balaban J connectivity index is 1.94. The highest BCUT2D eigenvalue weighted by Gasteiger charge is 2.53. The van der Waals surface area contributed by atoms with Crippen molar-refractivity contribution < 1.29 is 9.53 Å². The summed E-state index contributed by atoms with van der Waals surface area (Å²) >= 11 is 0. The number of ether oxygens (including phenoxy) is 1. The number of amides is 1. The number of carbonyl (C=O) groups is 1. The summed E-state index contributed by atoms with van der Waals surface area (Å²) in [5.41, 5.74) is 0.257. The predicted octanol–water partition coefficient (Wildman–Crippen LogP) is 1.40. The van der Waals surface area contributed by atoms with Crippen molar-refractivity contribution >= 4 is 6.09 Å². The summed E-state index contributed by atoms with van der Waals surface area (Å²) in [6.45, 7) is 5.26. The van der Waals surface area contributed by atoms with E-state index in [-0.39, 0.29) is 11.5 Å². The molecule has 1 fully saturated rings. The Morgan fingerprint density at radius 2 is 2.58 bits per heavy atom. The lowest BCUT2D eigenvalue weighted by molar-refractivity contribution is -0.0185. The smallest absolute Gasteiger partial charge is 0.410 e. The first-order chi connectivity index (χ1) is 5.67. The second-order valence-electron chi connectivity index (χ2n) is 3.64. The predicted molar refractivity (Wildman–Crippen MR) is 44.8 cm³/mol. The lowest BCUT2D eigenvalue weighted by atomic mass is 9.65. The first kappa shape index (κ1) is 7.65. The Morgan fingerprint density at radius 1 is 1.83 bits per heavy atom. The standard InChI is InChI=1S/C9H13NO2/c1-3-12-8(11)10-6-9(2)5-4-7(9)10/h4-5,7H,3,6H2,1-2H3/t7?,9-/m0/s1. The van der Waals surface area contributed by atoms with E-state index in [9.17, 15) is 4.79 Å². The third-order valence-electron chi connectivity index (χ3n) is 2.68. The molecule has 0 radical (unpaired) electrons. The van der Waals surface area contributed by atoms with Crippen molar-refractivity contribution in [3.8, 4) is 0 Å². The van der Waals surface area contributed by atoms with Crippen molar-refractivity contribution in [2.24, 2.45) is 5.41 Å². The van der Waals surface area contributed by atoms with Crippen LogP contribution in [0.2, 0.25) is 0 Å². The van der Waals surface area contributed by atoms with Gasteiger partial charge in [-0.1, -0.05) is 19.1 Å². The van der Waals surface area contributed by atoms with E-state index in [1.54, 1.807) is 4.90 Å². The third-order valence-corrected chi connectivity index (χ3v) is 2.68. The van der Waals surface area contributed by atoms with Crippen LogP contribution in [0.1, 0.15) is 13.8 Å². The maximum absolute atomic E-state index is 11.2. The first-order valence-corrected chi connectivity index (χ1v) is 4.30. The number of carbonyl (C=O) groups excluding carboxylic acids is 1. The van der Waals surface area contributed by atoms with Crippen LogP contribution < -0.4 is 0 Å². The molecule has 3 heteroatoms. The summed E-state index contributed by atoms with van der Waals surface area (Å²) in [5.74, 6) is 0. The second-order valence-corrected chi connectivity index (χ2v) is 3.64. The number of rotatable bonds is 1. The average Bonchev–Trinajstić information content (AvgIpc) is 2.02. The maximum Gasteiger partial charge on any atom is 0.410 e. The molecule has 0 aromatic heterocycles.